The smallest absolute Gasteiger partial charge is 0.408 e. The number of ether oxygens (including phenoxy) is 1. The zero-order valence-corrected chi connectivity index (χ0v) is 18.9. The van der Waals surface area contributed by atoms with Gasteiger partial charge in [-0.1, -0.05) is 63.3 Å². The number of unbranched alkanes of at least 4 members (excludes halogenated alkanes) is 5. The lowest BCUT2D eigenvalue weighted by Gasteiger charge is -2.30. The third kappa shape index (κ3) is 8.00. The minimum Gasteiger partial charge on any atom is -0.444 e. The molecule has 1 saturated carbocycles. The molecule has 2 rings (SSSR count). The average molecular weight is 404 g/mol. The van der Waals surface area contributed by atoms with E-state index < -0.39 is 17.2 Å². The lowest BCUT2D eigenvalue weighted by Crippen LogP contribution is -2.51. The molecule has 0 saturated heterocycles. The average Bonchev–Trinajstić information content (AvgIpc) is 3.08. The van der Waals surface area contributed by atoms with Gasteiger partial charge in [-0.05, 0) is 69.9 Å². The summed E-state index contributed by atoms with van der Waals surface area (Å²) >= 11 is 0. The Balaban J connectivity index is 1.84. The molecule has 4 heteroatoms. The van der Waals surface area contributed by atoms with Crippen LogP contribution in [0.4, 0.5) is 4.79 Å². The van der Waals surface area contributed by atoms with Crippen LogP contribution in [-0.2, 0) is 11.2 Å². The SMILES string of the molecule is CCCCCCCCc1ccc(C2CCC(CO)(NC(=O)OC(C)(C)C)C2)cc1. The Bertz CT molecular complexity index is 620. The standard InChI is InChI=1S/C25H41NO3/c1-5-6-7-8-9-10-11-20-12-14-21(15-13-20)22-16-17-25(18-22,19-27)26-23(28)29-24(2,3)4/h12-15,22,27H,5-11,16-19H2,1-4H3,(H,26,28). The highest BCUT2D eigenvalue weighted by Crippen LogP contribution is 2.41. The Morgan fingerprint density at radius 1 is 1.14 bits per heavy atom. The van der Waals surface area contributed by atoms with Crippen molar-refractivity contribution in [2.75, 3.05) is 6.61 Å². The molecule has 0 aliphatic heterocycles. The highest BCUT2D eigenvalue weighted by atomic mass is 16.6. The van der Waals surface area contributed by atoms with Crippen molar-refractivity contribution in [2.45, 2.75) is 109 Å². The molecule has 1 aromatic carbocycles. The molecule has 0 aromatic heterocycles. The number of aliphatic hydroxyl groups excluding tert-OH is 1. The van der Waals surface area contributed by atoms with Crippen molar-refractivity contribution in [1.29, 1.82) is 0 Å². The van der Waals surface area contributed by atoms with Crippen molar-refractivity contribution in [3.63, 3.8) is 0 Å². The van der Waals surface area contributed by atoms with Gasteiger partial charge in [0.2, 0.25) is 0 Å². The van der Waals surface area contributed by atoms with E-state index >= 15 is 0 Å². The van der Waals surface area contributed by atoms with Crippen LogP contribution in [0.15, 0.2) is 24.3 Å². The second-order valence-electron chi connectivity index (χ2n) is 9.76. The molecule has 0 heterocycles. The van der Waals surface area contributed by atoms with Crippen molar-refractivity contribution in [2.24, 2.45) is 0 Å². The van der Waals surface area contributed by atoms with Gasteiger partial charge >= 0.3 is 6.09 Å². The van der Waals surface area contributed by atoms with Crippen LogP contribution in [0, 0.1) is 0 Å². The third-order valence-corrected chi connectivity index (χ3v) is 5.95. The molecule has 2 atom stereocenters. The molecule has 29 heavy (non-hydrogen) atoms. The number of aliphatic hydroxyl groups is 1. The molecule has 0 spiro atoms. The van der Waals surface area contributed by atoms with Gasteiger partial charge in [-0.3, -0.25) is 0 Å². The molecule has 4 nitrogen and oxygen atoms in total. The number of hydrogen-bond acceptors (Lipinski definition) is 3. The number of hydrogen-bond donors (Lipinski definition) is 2. The van der Waals surface area contributed by atoms with Crippen molar-refractivity contribution in [1.82, 2.24) is 5.32 Å². The van der Waals surface area contributed by atoms with E-state index in [1.807, 2.05) is 20.8 Å². The summed E-state index contributed by atoms with van der Waals surface area (Å²) in [5, 5.41) is 12.9. The van der Waals surface area contributed by atoms with Gasteiger partial charge in [0.25, 0.3) is 0 Å². The molecule has 1 amide bonds. The van der Waals surface area contributed by atoms with E-state index in [2.05, 4.69) is 36.5 Å². The van der Waals surface area contributed by atoms with E-state index in [9.17, 15) is 9.90 Å². The maximum atomic E-state index is 12.2. The van der Waals surface area contributed by atoms with Gasteiger partial charge < -0.3 is 15.2 Å². The Morgan fingerprint density at radius 2 is 1.79 bits per heavy atom. The van der Waals surface area contributed by atoms with E-state index in [1.54, 1.807) is 0 Å². The molecule has 2 unspecified atom stereocenters. The topological polar surface area (TPSA) is 58.6 Å². The Kier molecular flexibility index (Phi) is 9.01. The van der Waals surface area contributed by atoms with E-state index in [1.165, 1.54) is 49.7 Å². The van der Waals surface area contributed by atoms with Crippen molar-refractivity contribution >= 4 is 6.09 Å². The van der Waals surface area contributed by atoms with Gasteiger partial charge in [0.05, 0.1) is 12.1 Å². The van der Waals surface area contributed by atoms with Crippen LogP contribution in [0.25, 0.3) is 0 Å². The van der Waals surface area contributed by atoms with Crippen LogP contribution in [0.5, 0.6) is 0 Å². The van der Waals surface area contributed by atoms with Crippen molar-refractivity contribution in [3.05, 3.63) is 35.4 Å². The van der Waals surface area contributed by atoms with Crippen LogP contribution in [0.3, 0.4) is 0 Å². The number of nitrogens with one attached hydrogen (secondary N) is 1. The molecular formula is C25H41NO3. The van der Waals surface area contributed by atoms with Gasteiger partial charge in [0.15, 0.2) is 0 Å². The second-order valence-corrected chi connectivity index (χ2v) is 9.76. The number of alkyl carbamates (subject to hydrolysis) is 1. The van der Waals surface area contributed by atoms with Crippen LogP contribution in [-0.4, -0.2) is 28.9 Å². The summed E-state index contributed by atoms with van der Waals surface area (Å²) in [7, 11) is 0. The summed E-state index contributed by atoms with van der Waals surface area (Å²) in [6.45, 7) is 7.75. The summed E-state index contributed by atoms with van der Waals surface area (Å²) in [6, 6.07) is 8.97. The monoisotopic (exact) mass is 403 g/mol. The molecule has 0 radical (unpaired) electrons. The molecule has 1 aromatic rings. The fourth-order valence-electron chi connectivity index (χ4n) is 4.29. The normalized spacial score (nSPS) is 21.9. The molecule has 1 aliphatic rings. The quantitative estimate of drug-likeness (QED) is 0.463. The first-order chi connectivity index (χ1) is 13.8. The maximum absolute atomic E-state index is 12.2. The minimum atomic E-state index is -0.579. The van der Waals surface area contributed by atoms with Gasteiger partial charge in [0, 0.05) is 0 Å². The fourth-order valence-corrected chi connectivity index (χ4v) is 4.29. The van der Waals surface area contributed by atoms with Crippen molar-refractivity contribution < 1.29 is 14.6 Å². The second kappa shape index (κ2) is 11.0. The third-order valence-electron chi connectivity index (χ3n) is 5.95. The highest BCUT2D eigenvalue weighted by Gasteiger charge is 2.41. The Labute approximate surface area is 177 Å². The minimum absolute atomic E-state index is 0.0567. The van der Waals surface area contributed by atoms with E-state index in [0.717, 1.165) is 25.7 Å². The summed E-state index contributed by atoms with van der Waals surface area (Å²) in [4.78, 5) is 12.2. The van der Waals surface area contributed by atoms with Crippen LogP contribution >= 0.6 is 0 Å². The van der Waals surface area contributed by atoms with Gasteiger partial charge in [-0.25, -0.2) is 4.79 Å². The zero-order chi connectivity index (χ0) is 21.3. The Hall–Kier alpha value is -1.55. The van der Waals surface area contributed by atoms with Crippen LogP contribution < -0.4 is 5.32 Å². The van der Waals surface area contributed by atoms with Gasteiger partial charge in [0.1, 0.15) is 5.60 Å². The summed E-state index contributed by atoms with van der Waals surface area (Å²) in [5.74, 6) is 0.361. The number of benzene rings is 1. The summed E-state index contributed by atoms with van der Waals surface area (Å²) in [5.41, 5.74) is 1.59. The first-order valence-electron chi connectivity index (χ1n) is 11.5. The van der Waals surface area contributed by atoms with E-state index in [4.69, 9.17) is 4.74 Å². The molecule has 0 bridgehead atoms. The number of amides is 1. The number of carbonyl (C=O) groups excluding carboxylic acids is 1. The summed E-state index contributed by atoms with van der Waals surface area (Å²) < 4.78 is 5.39. The van der Waals surface area contributed by atoms with Gasteiger partial charge in [-0.15, -0.1) is 0 Å². The van der Waals surface area contributed by atoms with Crippen LogP contribution in [0.2, 0.25) is 0 Å². The Morgan fingerprint density at radius 3 is 2.41 bits per heavy atom. The number of aryl methyl sites for hydroxylation is 1. The van der Waals surface area contributed by atoms with Gasteiger partial charge in [-0.2, -0.15) is 0 Å². The first-order valence-corrected chi connectivity index (χ1v) is 11.5. The maximum Gasteiger partial charge on any atom is 0.408 e. The predicted molar refractivity (Wildman–Crippen MR) is 119 cm³/mol. The number of carbonyl (C=O) groups is 1. The molecule has 164 valence electrons. The largest absolute Gasteiger partial charge is 0.444 e. The molecular weight excluding hydrogens is 362 g/mol. The van der Waals surface area contributed by atoms with Crippen molar-refractivity contribution in [3.8, 4) is 0 Å². The zero-order valence-electron chi connectivity index (χ0n) is 18.9. The highest BCUT2D eigenvalue weighted by molar-refractivity contribution is 5.69. The van der Waals surface area contributed by atoms with E-state index in [0.29, 0.717) is 5.92 Å². The molecule has 1 aliphatic carbocycles. The van der Waals surface area contributed by atoms with Crippen LogP contribution in [0.1, 0.15) is 103 Å². The number of rotatable bonds is 10. The predicted octanol–water partition coefficient (Wildman–Crippen LogP) is 6.11. The fraction of sp³-hybridized carbons (Fsp3) is 0.720. The lowest BCUT2D eigenvalue weighted by molar-refractivity contribution is 0.0401. The summed E-state index contributed by atoms with van der Waals surface area (Å²) in [6.07, 6.45) is 11.1. The lowest BCUT2D eigenvalue weighted by atomic mass is 9.92. The molecule has 1 fully saturated rings. The molecule has 2 N–H and O–H groups in total. The first kappa shape index (κ1) is 23.7. The van der Waals surface area contributed by atoms with E-state index in [-0.39, 0.29) is 6.61 Å².